The molecule has 0 spiro atoms. The Hall–Kier alpha value is -1.80. The van der Waals surface area contributed by atoms with Gasteiger partial charge in [-0.1, -0.05) is 0 Å². The predicted molar refractivity (Wildman–Crippen MR) is 45.6 cm³/mol. The summed E-state index contributed by atoms with van der Waals surface area (Å²) < 4.78 is 78.2. The molecular formula is C9H5F6NO2. The van der Waals surface area contributed by atoms with E-state index in [0.29, 0.717) is 0 Å². The number of aromatic nitrogens is 1. The summed E-state index contributed by atoms with van der Waals surface area (Å²) in [6.45, 7) is 0. The second kappa shape index (κ2) is 4.46. The third-order valence-corrected chi connectivity index (χ3v) is 1.91. The van der Waals surface area contributed by atoms with Crippen LogP contribution in [0.3, 0.4) is 0 Å². The van der Waals surface area contributed by atoms with Gasteiger partial charge in [0.1, 0.15) is 5.69 Å². The van der Waals surface area contributed by atoms with Gasteiger partial charge >= 0.3 is 18.3 Å². The summed E-state index contributed by atoms with van der Waals surface area (Å²) >= 11 is 0. The van der Waals surface area contributed by atoms with Gasteiger partial charge in [-0.2, -0.15) is 26.3 Å². The number of alkyl halides is 6. The fraction of sp³-hybridized carbons (Fsp3) is 0.333. The van der Waals surface area contributed by atoms with Crippen molar-refractivity contribution in [2.24, 2.45) is 0 Å². The third kappa shape index (κ3) is 2.90. The Morgan fingerprint density at radius 2 is 1.72 bits per heavy atom. The molecule has 1 aromatic rings. The second-order valence-electron chi connectivity index (χ2n) is 3.10. The largest absolute Gasteiger partial charge is 0.465 e. The molecule has 0 bridgehead atoms. The molecule has 100 valence electrons. The van der Waals surface area contributed by atoms with Crippen LogP contribution in [0.5, 0.6) is 0 Å². The smallest absolute Gasteiger partial charge is 0.433 e. The lowest BCUT2D eigenvalue weighted by Crippen LogP contribution is -2.18. The summed E-state index contributed by atoms with van der Waals surface area (Å²) in [7, 11) is 0.806. The number of pyridine rings is 1. The molecule has 1 aromatic heterocycles. The first-order chi connectivity index (χ1) is 8.07. The average Bonchev–Trinajstić information content (AvgIpc) is 2.24. The normalized spacial score (nSPS) is 12.4. The highest BCUT2D eigenvalue weighted by atomic mass is 19.4. The van der Waals surface area contributed by atoms with Crippen LogP contribution in [-0.2, 0) is 17.1 Å². The van der Waals surface area contributed by atoms with Crippen LogP contribution >= 0.6 is 0 Å². The van der Waals surface area contributed by atoms with Crippen molar-refractivity contribution in [1.82, 2.24) is 4.98 Å². The number of hydrogen-bond acceptors (Lipinski definition) is 3. The highest BCUT2D eigenvalue weighted by Crippen LogP contribution is 2.36. The van der Waals surface area contributed by atoms with Gasteiger partial charge in [-0.15, -0.1) is 0 Å². The molecule has 3 nitrogen and oxygen atoms in total. The molecule has 1 rings (SSSR count). The van der Waals surface area contributed by atoms with Gasteiger partial charge in [0.05, 0.1) is 18.2 Å². The number of nitrogens with zero attached hydrogens (tertiary/aromatic N) is 1. The minimum atomic E-state index is -5.12. The van der Waals surface area contributed by atoms with Crippen molar-refractivity contribution in [1.29, 1.82) is 0 Å². The molecular weight excluding hydrogens is 268 g/mol. The predicted octanol–water partition coefficient (Wildman–Crippen LogP) is 2.91. The topological polar surface area (TPSA) is 39.2 Å². The van der Waals surface area contributed by atoms with Crippen LogP contribution in [0.4, 0.5) is 26.3 Å². The van der Waals surface area contributed by atoms with E-state index in [0.717, 1.165) is 7.11 Å². The highest BCUT2D eigenvalue weighted by Gasteiger charge is 2.40. The van der Waals surface area contributed by atoms with Gasteiger partial charge in [0.15, 0.2) is 0 Å². The monoisotopic (exact) mass is 273 g/mol. The maximum atomic E-state index is 12.5. The zero-order valence-electron chi connectivity index (χ0n) is 8.69. The van der Waals surface area contributed by atoms with Crippen molar-refractivity contribution in [3.8, 4) is 0 Å². The number of ether oxygens (including phenoxy) is 1. The van der Waals surface area contributed by atoms with Crippen LogP contribution in [0.25, 0.3) is 0 Å². The molecule has 0 N–H and O–H groups in total. The Morgan fingerprint density at radius 1 is 1.17 bits per heavy atom. The van der Waals surface area contributed by atoms with Crippen molar-refractivity contribution < 1.29 is 35.9 Å². The van der Waals surface area contributed by atoms with Crippen LogP contribution in [0.1, 0.15) is 21.6 Å². The Labute approximate surface area is 96.4 Å². The second-order valence-corrected chi connectivity index (χ2v) is 3.10. The zero-order valence-corrected chi connectivity index (χ0v) is 8.69. The van der Waals surface area contributed by atoms with E-state index >= 15 is 0 Å². The van der Waals surface area contributed by atoms with Gasteiger partial charge in [-0.3, -0.25) is 4.98 Å². The first kappa shape index (κ1) is 14.3. The molecule has 18 heavy (non-hydrogen) atoms. The van der Waals surface area contributed by atoms with Crippen LogP contribution in [0, 0.1) is 0 Å². The molecule has 0 saturated carbocycles. The Balaban J connectivity index is 3.44. The van der Waals surface area contributed by atoms with E-state index in [-0.39, 0.29) is 12.3 Å². The molecule has 0 atom stereocenters. The highest BCUT2D eigenvalue weighted by molar-refractivity contribution is 5.90. The number of esters is 1. The van der Waals surface area contributed by atoms with Gasteiger partial charge < -0.3 is 4.74 Å². The first-order valence-corrected chi connectivity index (χ1v) is 4.30. The maximum absolute atomic E-state index is 12.5. The van der Waals surface area contributed by atoms with Crippen LogP contribution < -0.4 is 0 Å². The molecule has 0 amide bonds. The third-order valence-electron chi connectivity index (χ3n) is 1.91. The molecule has 1 heterocycles. The van der Waals surface area contributed by atoms with Gasteiger partial charge in [-0.05, 0) is 6.07 Å². The van der Waals surface area contributed by atoms with Crippen molar-refractivity contribution in [2.45, 2.75) is 12.4 Å². The minimum absolute atomic E-state index is 0.192. The molecule has 9 heteroatoms. The molecule has 0 aromatic carbocycles. The van der Waals surface area contributed by atoms with Crippen LogP contribution in [0.15, 0.2) is 12.3 Å². The molecule has 0 fully saturated rings. The molecule has 0 radical (unpaired) electrons. The van der Waals surface area contributed by atoms with Gasteiger partial charge in [0.2, 0.25) is 0 Å². The zero-order chi connectivity index (χ0) is 14.1. The van der Waals surface area contributed by atoms with Crippen molar-refractivity contribution in [3.05, 3.63) is 29.1 Å². The average molecular weight is 273 g/mol. The Bertz CT molecular complexity index is 465. The number of halogens is 6. The lowest BCUT2D eigenvalue weighted by molar-refractivity contribution is -0.145. The summed E-state index contributed by atoms with van der Waals surface area (Å²) in [6.07, 6.45) is -9.96. The lowest BCUT2D eigenvalue weighted by Gasteiger charge is -2.13. The fourth-order valence-corrected chi connectivity index (χ4v) is 1.12. The molecule has 0 saturated heterocycles. The Kier molecular flexibility index (Phi) is 3.54. The Morgan fingerprint density at radius 3 is 2.11 bits per heavy atom. The van der Waals surface area contributed by atoms with E-state index in [9.17, 15) is 31.1 Å². The number of carbonyl (C=O) groups excluding carboxylic acids is 1. The van der Waals surface area contributed by atoms with Crippen molar-refractivity contribution in [2.75, 3.05) is 7.11 Å². The standard InChI is InChI=1S/C9H5F6NO2/c1-18-7(17)4-3-16-6(9(13,14)15)2-5(4)8(10,11)12/h2-3H,1H3. The van der Waals surface area contributed by atoms with E-state index in [1.54, 1.807) is 0 Å². The first-order valence-electron chi connectivity index (χ1n) is 4.30. The van der Waals surface area contributed by atoms with Crippen molar-refractivity contribution >= 4 is 5.97 Å². The summed E-state index contributed by atoms with van der Waals surface area (Å²) in [6, 6.07) is -0.230. The summed E-state index contributed by atoms with van der Waals surface area (Å²) in [5, 5.41) is 0. The maximum Gasteiger partial charge on any atom is 0.433 e. The van der Waals surface area contributed by atoms with E-state index in [1.807, 2.05) is 0 Å². The lowest BCUT2D eigenvalue weighted by atomic mass is 10.1. The summed E-state index contributed by atoms with van der Waals surface area (Å²) in [5.41, 5.74) is -4.54. The van der Waals surface area contributed by atoms with E-state index in [4.69, 9.17) is 0 Å². The SMILES string of the molecule is COC(=O)c1cnc(C(F)(F)F)cc1C(F)(F)F. The summed E-state index contributed by atoms with van der Waals surface area (Å²) in [4.78, 5) is 13.8. The van der Waals surface area contributed by atoms with Crippen molar-refractivity contribution in [3.63, 3.8) is 0 Å². The van der Waals surface area contributed by atoms with Crippen LogP contribution in [-0.4, -0.2) is 18.1 Å². The minimum Gasteiger partial charge on any atom is -0.465 e. The van der Waals surface area contributed by atoms with Gasteiger partial charge in [0.25, 0.3) is 0 Å². The molecule has 0 aliphatic carbocycles. The van der Waals surface area contributed by atoms with E-state index in [1.165, 1.54) is 0 Å². The number of hydrogen-bond donors (Lipinski definition) is 0. The van der Waals surface area contributed by atoms with E-state index < -0.39 is 35.1 Å². The molecule has 0 unspecified atom stereocenters. The van der Waals surface area contributed by atoms with Gasteiger partial charge in [-0.25, -0.2) is 4.79 Å². The number of rotatable bonds is 1. The fourth-order valence-electron chi connectivity index (χ4n) is 1.12. The molecule has 0 aliphatic heterocycles. The van der Waals surface area contributed by atoms with E-state index in [2.05, 4.69) is 9.72 Å². The molecule has 0 aliphatic rings. The summed E-state index contributed by atoms with van der Waals surface area (Å²) in [5.74, 6) is -1.41. The van der Waals surface area contributed by atoms with Gasteiger partial charge in [0, 0.05) is 6.20 Å². The quantitative estimate of drug-likeness (QED) is 0.583. The van der Waals surface area contributed by atoms with Crippen LogP contribution in [0.2, 0.25) is 0 Å². The number of methoxy groups -OCH3 is 1. The number of carbonyl (C=O) groups is 1.